The van der Waals surface area contributed by atoms with Crippen LogP contribution in [0.15, 0.2) is 11.6 Å². The molecule has 0 saturated carbocycles. The topological polar surface area (TPSA) is 29.9 Å². The van der Waals surface area contributed by atoms with E-state index >= 15 is 0 Å². The minimum atomic E-state index is 0.724. The zero-order valence-electron chi connectivity index (χ0n) is 12.2. The van der Waals surface area contributed by atoms with Crippen LogP contribution in [-0.4, -0.2) is 16.3 Å². The van der Waals surface area contributed by atoms with E-state index in [1.54, 1.807) is 5.57 Å². The molecule has 0 aliphatic heterocycles. The molecular formula is C15H25N3. The Hall–Kier alpha value is -1.25. The van der Waals surface area contributed by atoms with Gasteiger partial charge in [-0.15, -0.1) is 0 Å². The van der Waals surface area contributed by atoms with Crippen molar-refractivity contribution in [2.75, 3.05) is 11.9 Å². The van der Waals surface area contributed by atoms with Crippen LogP contribution in [0.2, 0.25) is 0 Å². The summed E-state index contributed by atoms with van der Waals surface area (Å²) in [5, 5.41) is 8.05. The number of nitrogens with one attached hydrogen (secondary N) is 1. The summed E-state index contributed by atoms with van der Waals surface area (Å²) in [5.74, 6) is 1.48. The maximum Gasteiger partial charge on any atom is 0.0827 e. The molecule has 3 heteroatoms. The number of nitrogens with zero attached hydrogens (tertiary/aromatic N) is 2. The first-order valence-corrected chi connectivity index (χ1v) is 6.88. The van der Waals surface area contributed by atoms with E-state index in [1.165, 1.54) is 24.2 Å². The molecule has 1 N–H and O–H groups in total. The van der Waals surface area contributed by atoms with Gasteiger partial charge in [0.05, 0.1) is 17.1 Å². The summed E-state index contributed by atoms with van der Waals surface area (Å²) in [5.41, 5.74) is 5.09. The first kappa shape index (κ1) is 13.2. The lowest BCUT2D eigenvalue weighted by Crippen LogP contribution is -2.20. The molecule has 1 heterocycles. The number of rotatable bonds is 3. The van der Waals surface area contributed by atoms with E-state index in [0.29, 0.717) is 0 Å². The summed E-state index contributed by atoms with van der Waals surface area (Å²) < 4.78 is 1.95. The van der Waals surface area contributed by atoms with Crippen LogP contribution in [0, 0.1) is 25.7 Å². The van der Waals surface area contributed by atoms with Gasteiger partial charge < -0.3 is 5.32 Å². The van der Waals surface area contributed by atoms with Crippen LogP contribution < -0.4 is 5.32 Å². The Morgan fingerprint density at radius 1 is 1.39 bits per heavy atom. The minimum Gasteiger partial charge on any atom is -0.382 e. The van der Waals surface area contributed by atoms with Gasteiger partial charge in [0.15, 0.2) is 0 Å². The average Bonchev–Trinajstić information content (AvgIpc) is 2.50. The zero-order chi connectivity index (χ0) is 13.3. The number of anilines is 1. The maximum absolute atomic E-state index is 4.45. The molecule has 1 aromatic rings. The van der Waals surface area contributed by atoms with Gasteiger partial charge in [0.25, 0.3) is 0 Å². The van der Waals surface area contributed by atoms with E-state index in [4.69, 9.17) is 0 Å². The van der Waals surface area contributed by atoms with Crippen LogP contribution in [0.4, 0.5) is 5.69 Å². The molecule has 2 unspecified atom stereocenters. The second-order valence-corrected chi connectivity index (χ2v) is 5.85. The third kappa shape index (κ3) is 2.77. The maximum atomic E-state index is 4.45. The molecule has 0 saturated heterocycles. The van der Waals surface area contributed by atoms with Gasteiger partial charge in [-0.25, -0.2) is 0 Å². The van der Waals surface area contributed by atoms with Gasteiger partial charge in [0.1, 0.15) is 0 Å². The highest BCUT2D eigenvalue weighted by Crippen LogP contribution is 2.28. The first-order chi connectivity index (χ1) is 8.47. The molecule has 100 valence electrons. The number of aromatic nitrogens is 2. The normalized spacial score (nSPS) is 23.9. The Morgan fingerprint density at radius 2 is 2.11 bits per heavy atom. The van der Waals surface area contributed by atoms with Crippen LogP contribution in [0.1, 0.15) is 38.1 Å². The SMILES string of the molecule is CC1=CC(C)CC(CNc2c(C)nn(C)c2C)C1. The molecule has 0 aromatic carbocycles. The summed E-state index contributed by atoms with van der Waals surface area (Å²) >= 11 is 0. The summed E-state index contributed by atoms with van der Waals surface area (Å²) in [6.45, 7) is 9.82. The van der Waals surface area contributed by atoms with E-state index in [-0.39, 0.29) is 0 Å². The van der Waals surface area contributed by atoms with Gasteiger partial charge in [-0.05, 0) is 45.4 Å². The summed E-state index contributed by atoms with van der Waals surface area (Å²) in [4.78, 5) is 0. The highest BCUT2D eigenvalue weighted by molar-refractivity contribution is 5.51. The van der Waals surface area contributed by atoms with Crippen molar-refractivity contribution < 1.29 is 0 Å². The monoisotopic (exact) mass is 247 g/mol. The summed E-state index contributed by atoms with van der Waals surface area (Å²) in [6.07, 6.45) is 4.94. The van der Waals surface area contributed by atoms with E-state index in [0.717, 1.165) is 24.1 Å². The lowest BCUT2D eigenvalue weighted by molar-refractivity contribution is 0.421. The number of hydrogen-bond donors (Lipinski definition) is 1. The highest BCUT2D eigenvalue weighted by atomic mass is 15.3. The van der Waals surface area contributed by atoms with Gasteiger partial charge in [-0.3, -0.25) is 4.68 Å². The van der Waals surface area contributed by atoms with Crippen molar-refractivity contribution in [2.45, 2.75) is 40.5 Å². The predicted molar refractivity (Wildman–Crippen MR) is 76.8 cm³/mol. The number of aryl methyl sites for hydroxylation is 2. The molecule has 2 rings (SSSR count). The second kappa shape index (κ2) is 5.17. The highest BCUT2D eigenvalue weighted by Gasteiger charge is 2.19. The molecule has 0 spiro atoms. The third-order valence-corrected chi connectivity index (χ3v) is 3.96. The quantitative estimate of drug-likeness (QED) is 0.829. The molecule has 0 bridgehead atoms. The molecule has 0 radical (unpaired) electrons. The molecule has 0 fully saturated rings. The molecular weight excluding hydrogens is 222 g/mol. The fraction of sp³-hybridized carbons (Fsp3) is 0.667. The van der Waals surface area contributed by atoms with Gasteiger partial charge in [0.2, 0.25) is 0 Å². The van der Waals surface area contributed by atoms with Crippen LogP contribution in [-0.2, 0) is 7.05 Å². The summed E-state index contributed by atoms with van der Waals surface area (Å²) in [6, 6.07) is 0. The molecule has 18 heavy (non-hydrogen) atoms. The Morgan fingerprint density at radius 3 is 2.67 bits per heavy atom. The molecule has 0 amide bonds. The molecule has 2 atom stereocenters. The van der Waals surface area contributed by atoms with Crippen LogP contribution >= 0.6 is 0 Å². The number of hydrogen-bond acceptors (Lipinski definition) is 2. The first-order valence-electron chi connectivity index (χ1n) is 6.88. The van der Waals surface area contributed by atoms with Gasteiger partial charge in [-0.1, -0.05) is 18.6 Å². The van der Waals surface area contributed by atoms with Crippen molar-refractivity contribution >= 4 is 5.69 Å². The Balaban J connectivity index is 1.98. The van der Waals surface area contributed by atoms with Gasteiger partial charge >= 0.3 is 0 Å². The Kier molecular flexibility index (Phi) is 3.79. The van der Waals surface area contributed by atoms with Crippen molar-refractivity contribution in [1.29, 1.82) is 0 Å². The fourth-order valence-corrected chi connectivity index (χ4v) is 3.12. The van der Waals surface area contributed by atoms with Crippen molar-refractivity contribution in [3.05, 3.63) is 23.0 Å². The average molecular weight is 247 g/mol. The van der Waals surface area contributed by atoms with Crippen LogP contribution in [0.25, 0.3) is 0 Å². The van der Waals surface area contributed by atoms with Crippen molar-refractivity contribution in [3.8, 4) is 0 Å². The minimum absolute atomic E-state index is 0.724. The van der Waals surface area contributed by atoms with Gasteiger partial charge in [-0.2, -0.15) is 5.10 Å². The second-order valence-electron chi connectivity index (χ2n) is 5.85. The Bertz CT molecular complexity index is 457. The van der Waals surface area contributed by atoms with E-state index in [1.807, 2.05) is 11.7 Å². The predicted octanol–water partition coefficient (Wildman–Crippen LogP) is 3.44. The molecule has 1 aliphatic rings. The fourth-order valence-electron chi connectivity index (χ4n) is 3.12. The Labute approximate surface area is 110 Å². The van der Waals surface area contributed by atoms with E-state index in [2.05, 4.69) is 44.2 Å². The lowest BCUT2D eigenvalue weighted by atomic mass is 9.83. The third-order valence-electron chi connectivity index (χ3n) is 3.96. The molecule has 1 aliphatic carbocycles. The van der Waals surface area contributed by atoms with Crippen molar-refractivity contribution in [1.82, 2.24) is 9.78 Å². The zero-order valence-corrected chi connectivity index (χ0v) is 12.2. The van der Waals surface area contributed by atoms with E-state index < -0.39 is 0 Å². The standard InChI is InChI=1S/C15H25N3/c1-10-6-11(2)8-14(7-10)9-16-15-12(3)17-18(5)13(15)4/h6,10,14,16H,7-9H2,1-5H3. The smallest absolute Gasteiger partial charge is 0.0827 e. The largest absolute Gasteiger partial charge is 0.382 e. The van der Waals surface area contributed by atoms with Crippen LogP contribution in [0.5, 0.6) is 0 Å². The number of allylic oxidation sites excluding steroid dienone is 2. The van der Waals surface area contributed by atoms with Crippen LogP contribution in [0.3, 0.4) is 0 Å². The van der Waals surface area contributed by atoms with E-state index in [9.17, 15) is 0 Å². The summed E-state index contributed by atoms with van der Waals surface area (Å²) in [7, 11) is 2.00. The van der Waals surface area contributed by atoms with Gasteiger partial charge in [0, 0.05) is 13.6 Å². The van der Waals surface area contributed by atoms with Crippen molar-refractivity contribution in [3.63, 3.8) is 0 Å². The molecule has 1 aromatic heterocycles. The lowest BCUT2D eigenvalue weighted by Gasteiger charge is -2.26. The molecule has 3 nitrogen and oxygen atoms in total. The van der Waals surface area contributed by atoms with Crippen molar-refractivity contribution in [2.24, 2.45) is 18.9 Å².